The number of fused-ring (bicyclic) bond motifs is 1. The molecule has 6 aromatic rings. The van der Waals surface area contributed by atoms with E-state index in [1.807, 2.05) is 91.0 Å². The van der Waals surface area contributed by atoms with Crippen molar-refractivity contribution in [1.82, 2.24) is 30.0 Å². The third-order valence-electron chi connectivity index (χ3n) is 7.57. The zero-order valence-corrected chi connectivity index (χ0v) is 25.7. The van der Waals surface area contributed by atoms with Crippen molar-refractivity contribution < 1.29 is 9.84 Å². The van der Waals surface area contributed by atoms with E-state index in [4.69, 9.17) is 9.72 Å². The topological polar surface area (TPSA) is 121 Å². The summed E-state index contributed by atoms with van der Waals surface area (Å²) in [5, 5.41) is 27.0. The lowest BCUT2D eigenvalue weighted by Crippen LogP contribution is -2.28. The second kappa shape index (κ2) is 15.0. The lowest BCUT2D eigenvalue weighted by molar-refractivity contribution is 0.201. The van der Waals surface area contributed by atoms with Crippen LogP contribution in [0, 0.1) is 0 Å². The molecular formula is C36H36N8O2. The first-order chi connectivity index (χ1) is 22.7. The van der Waals surface area contributed by atoms with Gasteiger partial charge in [-0.05, 0) is 62.0 Å². The first-order valence-corrected chi connectivity index (χ1v) is 15.4. The maximum atomic E-state index is 9.19. The highest BCUT2D eigenvalue weighted by Crippen LogP contribution is 2.33. The Labute approximate surface area is 268 Å². The first-order valence-electron chi connectivity index (χ1n) is 15.4. The Balaban J connectivity index is 1.14. The van der Waals surface area contributed by atoms with E-state index in [0.717, 1.165) is 59.3 Å². The summed E-state index contributed by atoms with van der Waals surface area (Å²) in [5.41, 5.74) is 4.19. The van der Waals surface area contributed by atoms with Crippen LogP contribution in [-0.2, 0) is 0 Å². The highest BCUT2D eigenvalue weighted by atomic mass is 16.5. The minimum absolute atomic E-state index is 0.166. The van der Waals surface area contributed by atoms with Gasteiger partial charge in [0.2, 0.25) is 11.8 Å². The first kappa shape index (κ1) is 30.6. The van der Waals surface area contributed by atoms with Crippen molar-refractivity contribution in [2.75, 3.05) is 43.4 Å². The second-order valence-electron chi connectivity index (χ2n) is 10.6. The number of nitrogens with zero attached hydrogens (tertiary/aromatic N) is 6. The molecule has 0 saturated heterocycles. The Hall–Kier alpha value is -5.45. The average molecular weight is 613 g/mol. The van der Waals surface area contributed by atoms with Crippen molar-refractivity contribution in [2.45, 2.75) is 13.3 Å². The molecule has 3 aromatic heterocycles. The molecule has 3 heterocycles. The minimum Gasteiger partial charge on any atom is -0.438 e. The average Bonchev–Trinajstić information content (AvgIpc) is 3.11. The molecule has 10 nitrogen and oxygen atoms in total. The van der Waals surface area contributed by atoms with Crippen molar-refractivity contribution in [2.24, 2.45) is 0 Å². The molecule has 46 heavy (non-hydrogen) atoms. The van der Waals surface area contributed by atoms with Gasteiger partial charge in [0, 0.05) is 47.5 Å². The van der Waals surface area contributed by atoms with Gasteiger partial charge in [-0.15, -0.1) is 10.2 Å². The van der Waals surface area contributed by atoms with Crippen LogP contribution in [0.4, 0.5) is 17.5 Å². The predicted molar refractivity (Wildman–Crippen MR) is 182 cm³/mol. The molecule has 3 N–H and O–H groups in total. The summed E-state index contributed by atoms with van der Waals surface area (Å²) >= 11 is 0. The fourth-order valence-electron chi connectivity index (χ4n) is 5.19. The van der Waals surface area contributed by atoms with Gasteiger partial charge >= 0.3 is 0 Å². The standard InChI is InChI=1S/C36H36N8O2/c1-2-44(24-25-45)23-9-21-38-36-39-22-19-32(41-36)31-14-8-20-37-35(31)46-28-17-15-27(16-18-28)40-34-30-13-7-6-12-29(30)33(42-43-34)26-10-4-3-5-11-26/h3-8,10-20,22,45H,2,9,21,23-25H2,1H3,(H,40,43)(H,38,39,41). The van der Waals surface area contributed by atoms with Crippen molar-refractivity contribution >= 4 is 28.2 Å². The highest BCUT2D eigenvalue weighted by molar-refractivity contribution is 6.00. The molecule has 0 bridgehead atoms. The summed E-state index contributed by atoms with van der Waals surface area (Å²) in [5.74, 6) is 2.30. The molecular weight excluding hydrogens is 576 g/mol. The Kier molecular flexibility index (Phi) is 9.98. The van der Waals surface area contributed by atoms with Crippen molar-refractivity contribution in [3.8, 4) is 34.1 Å². The number of anilines is 3. The van der Waals surface area contributed by atoms with Crippen molar-refractivity contribution in [3.05, 3.63) is 109 Å². The number of aliphatic hydroxyl groups is 1. The smallest absolute Gasteiger partial charge is 0.228 e. The van der Waals surface area contributed by atoms with E-state index in [1.54, 1.807) is 12.4 Å². The van der Waals surface area contributed by atoms with Crippen LogP contribution in [-0.4, -0.2) is 67.9 Å². The van der Waals surface area contributed by atoms with Crippen LogP contribution in [0.5, 0.6) is 11.6 Å². The molecule has 0 atom stereocenters. The van der Waals surface area contributed by atoms with Crippen LogP contribution in [0.1, 0.15) is 13.3 Å². The van der Waals surface area contributed by atoms with E-state index in [1.165, 1.54) is 0 Å². The van der Waals surface area contributed by atoms with Crippen LogP contribution in [0.2, 0.25) is 0 Å². The van der Waals surface area contributed by atoms with E-state index in [9.17, 15) is 5.11 Å². The largest absolute Gasteiger partial charge is 0.438 e. The van der Waals surface area contributed by atoms with Gasteiger partial charge in [0.1, 0.15) is 11.4 Å². The maximum Gasteiger partial charge on any atom is 0.228 e. The fraction of sp³-hybridized carbons (Fsp3) is 0.194. The molecule has 0 fully saturated rings. The molecule has 0 spiro atoms. The number of rotatable bonds is 14. The Morgan fingerprint density at radius 3 is 2.39 bits per heavy atom. The fourth-order valence-corrected chi connectivity index (χ4v) is 5.19. The third kappa shape index (κ3) is 7.43. The number of pyridine rings is 1. The van der Waals surface area contributed by atoms with E-state index in [2.05, 4.69) is 48.7 Å². The van der Waals surface area contributed by atoms with Crippen LogP contribution >= 0.6 is 0 Å². The summed E-state index contributed by atoms with van der Waals surface area (Å²) in [6.45, 7) is 5.46. The molecule has 3 aromatic carbocycles. The van der Waals surface area contributed by atoms with E-state index in [0.29, 0.717) is 35.6 Å². The molecule has 0 aliphatic rings. The predicted octanol–water partition coefficient (Wildman–Crippen LogP) is 6.80. The van der Waals surface area contributed by atoms with Gasteiger partial charge in [0.25, 0.3) is 0 Å². The zero-order valence-electron chi connectivity index (χ0n) is 25.7. The molecule has 0 amide bonds. The molecule has 0 radical (unpaired) electrons. The quantitative estimate of drug-likeness (QED) is 0.113. The molecule has 0 saturated carbocycles. The van der Waals surface area contributed by atoms with E-state index in [-0.39, 0.29) is 6.61 Å². The molecule has 0 aliphatic carbocycles. The number of aliphatic hydroxyl groups excluding tert-OH is 1. The number of hydrogen-bond donors (Lipinski definition) is 3. The van der Waals surface area contributed by atoms with Crippen molar-refractivity contribution in [3.63, 3.8) is 0 Å². The number of benzene rings is 3. The monoisotopic (exact) mass is 612 g/mol. The van der Waals surface area contributed by atoms with E-state index >= 15 is 0 Å². The zero-order chi connectivity index (χ0) is 31.6. The summed E-state index contributed by atoms with van der Waals surface area (Å²) in [6.07, 6.45) is 4.34. The molecule has 0 unspecified atom stereocenters. The van der Waals surface area contributed by atoms with Gasteiger partial charge in [0.05, 0.1) is 17.9 Å². The summed E-state index contributed by atoms with van der Waals surface area (Å²) in [4.78, 5) is 15.8. The number of ether oxygens (including phenoxy) is 1. The maximum absolute atomic E-state index is 9.19. The van der Waals surface area contributed by atoms with Gasteiger partial charge < -0.3 is 25.4 Å². The van der Waals surface area contributed by atoms with Gasteiger partial charge in [-0.3, -0.25) is 0 Å². The van der Waals surface area contributed by atoms with Gasteiger partial charge in [-0.2, -0.15) is 0 Å². The summed E-state index contributed by atoms with van der Waals surface area (Å²) < 4.78 is 6.23. The van der Waals surface area contributed by atoms with Gasteiger partial charge in [0.15, 0.2) is 5.82 Å². The number of likely N-dealkylation sites (N-methyl/N-ethyl adjacent to an activating group) is 1. The Morgan fingerprint density at radius 1 is 0.783 bits per heavy atom. The second-order valence-corrected chi connectivity index (χ2v) is 10.6. The SMILES string of the molecule is CCN(CCO)CCCNc1nccc(-c2cccnc2Oc2ccc(Nc3nnc(-c4ccccc4)c4ccccc34)cc2)n1. The lowest BCUT2D eigenvalue weighted by Gasteiger charge is -2.18. The third-order valence-corrected chi connectivity index (χ3v) is 7.57. The number of hydrogen-bond acceptors (Lipinski definition) is 10. The Morgan fingerprint density at radius 2 is 1.59 bits per heavy atom. The van der Waals surface area contributed by atoms with E-state index < -0.39 is 0 Å². The number of aromatic nitrogens is 5. The minimum atomic E-state index is 0.166. The van der Waals surface area contributed by atoms with Gasteiger partial charge in [-0.25, -0.2) is 15.0 Å². The van der Waals surface area contributed by atoms with Crippen LogP contribution in [0.3, 0.4) is 0 Å². The van der Waals surface area contributed by atoms with Gasteiger partial charge in [-0.1, -0.05) is 61.5 Å². The van der Waals surface area contributed by atoms with Crippen molar-refractivity contribution in [1.29, 1.82) is 0 Å². The molecule has 0 aliphatic heterocycles. The van der Waals surface area contributed by atoms with Crippen LogP contribution < -0.4 is 15.4 Å². The number of nitrogens with one attached hydrogen (secondary N) is 2. The summed E-state index contributed by atoms with van der Waals surface area (Å²) in [6, 6.07) is 31.5. The Bertz CT molecular complexity index is 1870. The highest BCUT2D eigenvalue weighted by Gasteiger charge is 2.13. The molecule has 10 heteroatoms. The van der Waals surface area contributed by atoms with Crippen LogP contribution in [0.15, 0.2) is 109 Å². The molecule has 6 rings (SSSR count). The molecule has 232 valence electrons. The normalized spacial score (nSPS) is 11.1. The lowest BCUT2D eigenvalue weighted by atomic mass is 10.0. The summed E-state index contributed by atoms with van der Waals surface area (Å²) in [7, 11) is 0. The van der Waals surface area contributed by atoms with Crippen LogP contribution in [0.25, 0.3) is 33.3 Å².